The Labute approximate surface area is 237 Å². The third-order valence-corrected chi connectivity index (χ3v) is 6.71. The summed E-state index contributed by atoms with van der Waals surface area (Å²) in [5.74, 6) is 3.30. The normalized spacial score (nSPS) is 11.2. The van der Waals surface area contributed by atoms with Gasteiger partial charge in [-0.05, 0) is 61.8 Å². The van der Waals surface area contributed by atoms with E-state index in [1.807, 2.05) is 71.8 Å². The summed E-state index contributed by atoms with van der Waals surface area (Å²) in [5.41, 5.74) is 3.48. The highest BCUT2D eigenvalue weighted by atomic mass is 16.5. The topological polar surface area (TPSA) is 89.4 Å². The summed E-state index contributed by atoms with van der Waals surface area (Å²) >= 11 is 0. The van der Waals surface area contributed by atoms with Crippen molar-refractivity contribution in [3.8, 4) is 22.6 Å². The van der Waals surface area contributed by atoms with Gasteiger partial charge in [0, 0.05) is 42.3 Å². The average molecular weight is 544 g/mol. The van der Waals surface area contributed by atoms with Gasteiger partial charge in [-0.2, -0.15) is 10.1 Å². The third-order valence-electron chi connectivity index (χ3n) is 6.71. The van der Waals surface area contributed by atoms with Crippen LogP contribution in [0.3, 0.4) is 0 Å². The molecule has 0 aliphatic carbocycles. The van der Waals surface area contributed by atoms with Gasteiger partial charge in [0.05, 0.1) is 19.0 Å². The number of hydrogen-bond acceptors (Lipinski definition) is 8. The van der Waals surface area contributed by atoms with Crippen LogP contribution in [0.1, 0.15) is 34.1 Å². The fourth-order valence-corrected chi connectivity index (χ4v) is 4.24. The highest BCUT2D eigenvalue weighted by Crippen LogP contribution is 2.33. The second-order valence-corrected chi connectivity index (χ2v) is 9.98. The standard InChI is InChI=1S/C31H41N7O2/c1-6-37(7-2)18-19-40-26-14-12-25(13-15-26)34-31-32-21-27(24-20-33-38(22-24)17-16-23(3)4)30(36-31)35-28-10-8-9-11-29(28)39-5/h8-15,20-23H,6-7,16-19H2,1-5H3,(H2,32,34,35,36). The van der Waals surface area contributed by atoms with Crippen LogP contribution in [-0.4, -0.2) is 58.0 Å². The number of anilines is 4. The Morgan fingerprint density at radius 1 is 0.975 bits per heavy atom. The van der Waals surface area contributed by atoms with E-state index in [9.17, 15) is 0 Å². The van der Waals surface area contributed by atoms with Crippen molar-refractivity contribution in [2.75, 3.05) is 44.0 Å². The van der Waals surface area contributed by atoms with Crippen molar-refractivity contribution in [2.45, 2.75) is 40.7 Å². The number of benzene rings is 2. The van der Waals surface area contributed by atoms with Gasteiger partial charge in [-0.15, -0.1) is 0 Å². The molecule has 2 aromatic heterocycles. The van der Waals surface area contributed by atoms with Gasteiger partial charge < -0.3 is 25.0 Å². The fraction of sp³-hybridized carbons (Fsp3) is 0.387. The third kappa shape index (κ3) is 7.95. The van der Waals surface area contributed by atoms with Crippen molar-refractivity contribution in [3.05, 3.63) is 67.1 Å². The minimum Gasteiger partial charge on any atom is -0.495 e. The molecule has 0 spiro atoms. The molecule has 9 heteroatoms. The maximum absolute atomic E-state index is 5.92. The number of hydrogen-bond donors (Lipinski definition) is 2. The largest absolute Gasteiger partial charge is 0.495 e. The van der Waals surface area contributed by atoms with Crippen LogP contribution in [0.5, 0.6) is 11.5 Å². The van der Waals surface area contributed by atoms with Crippen LogP contribution in [-0.2, 0) is 6.54 Å². The molecule has 2 N–H and O–H groups in total. The highest BCUT2D eigenvalue weighted by molar-refractivity contribution is 5.79. The van der Waals surface area contributed by atoms with Crippen LogP contribution in [0.2, 0.25) is 0 Å². The van der Waals surface area contributed by atoms with Crippen LogP contribution in [0.4, 0.5) is 23.1 Å². The zero-order chi connectivity index (χ0) is 28.3. The van der Waals surface area contributed by atoms with E-state index < -0.39 is 0 Å². The zero-order valence-electron chi connectivity index (χ0n) is 24.2. The van der Waals surface area contributed by atoms with Gasteiger partial charge in [-0.3, -0.25) is 4.68 Å². The molecule has 40 heavy (non-hydrogen) atoms. The second-order valence-electron chi connectivity index (χ2n) is 9.98. The molecular weight excluding hydrogens is 502 g/mol. The smallest absolute Gasteiger partial charge is 0.229 e. The Hall–Kier alpha value is -4.11. The van der Waals surface area contributed by atoms with Crippen molar-refractivity contribution in [1.29, 1.82) is 0 Å². The van der Waals surface area contributed by atoms with E-state index in [2.05, 4.69) is 53.3 Å². The number of aromatic nitrogens is 4. The molecular formula is C31H41N7O2. The Morgan fingerprint density at radius 3 is 2.48 bits per heavy atom. The summed E-state index contributed by atoms with van der Waals surface area (Å²) in [4.78, 5) is 11.8. The minimum absolute atomic E-state index is 0.476. The SMILES string of the molecule is CCN(CC)CCOc1ccc(Nc2ncc(-c3cnn(CCC(C)C)c3)c(Nc3ccccc3OC)n2)cc1. The molecule has 2 heterocycles. The first-order valence-corrected chi connectivity index (χ1v) is 14.0. The van der Waals surface area contributed by atoms with Crippen LogP contribution in [0.25, 0.3) is 11.1 Å². The Balaban J connectivity index is 1.53. The number of ether oxygens (including phenoxy) is 2. The van der Waals surface area contributed by atoms with E-state index in [1.54, 1.807) is 7.11 Å². The van der Waals surface area contributed by atoms with Gasteiger partial charge in [-0.1, -0.05) is 39.8 Å². The Bertz CT molecular complexity index is 1330. The van der Waals surface area contributed by atoms with E-state index in [-0.39, 0.29) is 0 Å². The average Bonchev–Trinajstić information content (AvgIpc) is 3.44. The summed E-state index contributed by atoms with van der Waals surface area (Å²) in [6, 6.07) is 15.6. The first kappa shape index (κ1) is 28.9. The van der Waals surface area contributed by atoms with Crippen LogP contribution in [0.15, 0.2) is 67.1 Å². The number of aryl methyl sites for hydroxylation is 1. The van der Waals surface area contributed by atoms with Crippen molar-refractivity contribution < 1.29 is 9.47 Å². The molecule has 0 saturated heterocycles. The van der Waals surface area contributed by atoms with E-state index in [4.69, 9.17) is 14.5 Å². The molecule has 0 amide bonds. The lowest BCUT2D eigenvalue weighted by atomic mass is 10.1. The van der Waals surface area contributed by atoms with Gasteiger partial charge in [0.15, 0.2) is 0 Å². The summed E-state index contributed by atoms with van der Waals surface area (Å²) in [6.45, 7) is 13.2. The van der Waals surface area contributed by atoms with Crippen molar-refractivity contribution in [2.24, 2.45) is 5.92 Å². The first-order chi connectivity index (χ1) is 19.5. The molecule has 0 atom stereocenters. The lowest BCUT2D eigenvalue weighted by Gasteiger charge is -2.18. The molecule has 0 unspecified atom stereocenters. The van der Waals surface area contributed by atoms with E-state index in [0.29, 0.717) is 24.3 Å². The molecule has 9 nitrogen and oxygen atoms in total. The summed E-state index contributed by atoms with van der Waals surface area (Å²) in [6.07, 6.45) is 6.78. The molecule has 0 saturated carbocycles. The lowest BCUT2D eigenvalue weighted by Crippen LogP contribution is -2.27. The Kier molecular flexibility index (Phi) is 10.3. The lowest BCUT2D eigenvalue weighted by molar-refractivity contribution is 0.223. The number of methoxy groups -OCH3 is 1. The molecule has 0 fully saturated rings. The van der Waals surface area contributed by atoms with Crippen LogP contribution >= 0.6 is 0 Å². The molecule has 0 bridgehead atoms. The quantitative estimate of drug-likeness (QED) is 0.173. The van der Waals surface area contributed by atoms with E-state index in [1.165, 1.54) is 0 Å². The molecule has 0 aliphatic rings. The monoisotopic (exact) mass is 543 g/mol. The minimum atomic E-state index is 0.476. The number of nitrogens with zero attached hydrogens (tertiary/aromatic N) is 5. The van der Waals surface area contributed by atoms with Gasteiger partial charge in [-0.25, -0.2) is 4.98 Å². The van der Waals surface area contributed by atoms with Gasteiger partial charge >= 0.3 is 0 Å². The van der Waals surface area contributed by atoms with E-state index >= 15 is 0 Å². The predicted octanol–water partition coefficient (Wildman–Crippen LogP) is 6.60. The van der Waals surface area contributed by atoms with Crippen LogP contribution in [0, 0.1) is 5.92 Å². The molecule has 2 aromatic carbocycles. The number of para-hydroxylation sites is 2. The molecule has 4 rings (SSSR count). The number of nitrogens with one attached hydrogen (secondary N) is 2. The van der Waals surface area contributed by atoms with Crippen molar-refractivity contribution in [1.82, 2.24) is 24.6 Å². The number of likely N-dealkylation sites (N-methyl/N-ethyl adjacent to an activating group) is 1. The van der Waals surface area contributed by atoms with Crippen molar-refractivity contribution in [3.63, 3.8) is 0 Å². The molecule has 212 valence electrons. The maximum Gasteiger partial charge on any atom is 0.229 e. The second kappa shape index (κ2) is 14.3. The zero-order valence-corrected chi connectivity index (χ0v) is 24.2. The van der Waals surface area contributed by atoms with E-state index in [0.717, 1.165) is 66.6 Å². The van der Waals surface area contributed by atoms with Gasteiger partial charge in [0.2, 0.25) is 5.95 Å². The van der Waals surface area contributed by atoms with Gasteiger partial charge in [0.25, 0.3) is 0 Å². The predicted molar refractivity (Wildman–Crippen MR) is 162 cm³/mol. The summed E-state index contributed by atoms with van der Waals surface area (Å²) < 4.78 is 13.5. The fourth-order valence-electron chi connectivity index (χ4n) is 4.24. The summed E-state index contributed by atoms with van der Waals surface area (Å²) in [7, 11) is 1.66. The first-order valence-electron chi connectivity index (χ1n) is 14.0. The summed E-state index contributed by atoms with van der Waals surface area (Å²) in [5, 5.41) is 11.3. The van der Waals surface area contributed by atoms with Gasteiger partial charge in [0.1, 0.15) is 23.9 Å². The molecule has 0 radical (unpaired) electrons. The van der Waals surface area contributed by atoms with Crippen molar-refractivity contribution >= 4 is 23.1 Å². The highest BCUT2D eigenvalue weighted by Gasteiger charge is 2.14. The number of rotatable bonds is 15. The van der Waals surface area contributed by atoms with Crippen LogP contribution < -0.4 is 20.1 Å². The molecule has 0 aliphatic heterocycles. The maximum atomic E-state index is 5.92. The Morgan fingerprint density at radius 2 is 1.75 bits per heavy atom. The molecule has 4 aromatic rings.